The topological polar surface area (TPSA) is 32.3 Å². The van der Waals surface area contributed by atoms with Crippen LogP contribution in [0.4, 0.5) is 0 Å². The number of carbonyl (C=O) groups excluding carboxylic acids is 1. The van der Waals surface area contributed by atoms with Gasteiger partial charge < -0.3 is 10.2 Å². The molecule has 1 saturated heterocycles. The van der Waals surface area contributed by atoms with Gasteiger partial charge in [-0.1, -0.05) is 27.7 Å². The number of nitrogens with zero attached hydrogens (tertiary/aromatic N) is 1. The number of carbonyl (C=O) groups is 1. The Bertz CT molecular complexity index is 257. The standard InChI is InChI=1S/C14H28N2O/c1-6-7-15-11(2)9-16-10-12(8-13(16)17)14(3,4)5/h11-12,15H,6-10H2,1-5H3. The molecule has 0 aliphatic carbocycles. The maximum Gasteiger partial charge on any atom is 0.222 e. The Morgan fingerprint density at radius 3 is 2.59 bits per heavy atom. The van der Waals surface area contributed by atoms with E-state index in [1.54, 1.807) is 0 Å². The first-order valence-corrected chi connectivity index (χ1v) is 6.85. The van der Waals surface area contributed by atoms with E-state index in [0.29, 0.717) is 17.9 Å². The Kier molecular flexibility index (Phi) is 4.99. The van der Waals surface area contributed by atoms with Crippen molar-refractivity contribution in [2.24, 2.45) is 11.3 Å². The Balaban J connectivity index is 2.43. The van der Waals surface area contributed by atoms with Crippen LogP contribution in [-0.4, -0.2) is 36.5 Å². The quantitative estimate of drug-likeness (QED) is 0.799. The molecule has 3 heteroatoms. The van der Waals surface area contributed by atoms with E-state index in [4.69, 9.17) is 0 Å². The molecule has 1 heterocycles. The molecule has 0 bridgehead atoms. The van der Waals surface area contributed by atoms with Gasteiger partial charge in [-0.2, -0.15) is 0 Å². The van der Waals surface area contributed by atoms with Crippen LogP contribution in [0.5, 0.6) is 0 Å². The number of likely N-dealkylation sites (tertiary alicyclic amines) is 1. The molecule has 0 spiro atoms. The van der Waals surface area contributed by atoms with Crippen molar-refractivity contribution in [1.82, 2.24) is 10.2 Å². The van der Waals surface area contributed by atoms with E-state index in [9.17, 15) is 4.79 Å². The molecular weight excluding hydrogens is 212 g/mol. The molecule has 1 amide bonds. The molecular formula is C14H28N2O. The van der Waals surface area contributed by atoms with Crippen molar-refractivity contribution in [1.29, 1.82) is 0 Å². The molecule has 1 rings (SSSR count). The van der Waals surface area contributed by atoms with Crippen molar-refractivity contribution in [3.05, 3.63) is 0 Å². The molecule has 0 saturated carbocycles. The summed E-state index contributed by atoms with van der Waals surface area (Å²) in [7, 11) is 0. The number of amides is 1. The second kappa shape index (κ2) is 5.85. The molecule has 0 aromatic carbocycles. The fourth-order valence-electron chi connectivity index (χ4n) is 2.31. The van der Waals surface area contributed by atoms with Gasteiger partial charge >= 0.3 is 0 Å². The maximum atomic E-state index is 11.9. The normalized spacial score (nSPS) is 23.2. The minimum atomic E-state index is 0.241. The van der Waals surface area contributed by atoms with Crippen molar-refractivity contribution in [3.8, 4) is 0 Å². The van der Waals surface area contributed by atoms with Crippen LogP contribution >= 0.6 is 0 Å². The summed E-state index contributed by atoms with van der Waals surface area (Å²) >= 11 is 0. The lowest BCUT2D eigenvalue weighted by Gasteiger charge is -2.27. The van der Waals surface area contributed by atoms with E-state index >= 15 is 0 Å². The molecule has 0 aromatic rings. The van der Waals surface area contributed by atoms with Crippen LogP contribution in [-0.2, 0) is 4.79 Å². The fraction of sp³-hybridized carbons (Fsp3) is 0.929. The second-order valence-electron chi connectivity index (χ2n) is 6.42. The summed E-state index contributed by atoms with van der Waals surface area (Å²) in [5.41, 5.74) is 0.241. The molecule has 1 N–H and O–H groups in total. The Labute approximate surface area is 106 Å². The van der Waals surface area contributed by atoms with Gasteiger partial charge in [0.15, 0.2) is 0 Å². The van der Waals surface area contributed by atoms with Gasteiger partial charge in [-0.25, -0.2) is 0 Å². The summed E-state index contributed by atoms with van der Waals surface area (Å²) in [6.45, 7) is 13.8. The van der Waals surface area contributed by atoms with Crippen LogP contribution in [0.15, 0.2) is 0 Å². The molecule has 100 valence electrons. The van der Waals surface area contributed by atoms with Gasteiger partial charge in [-0.3, -0.25) is 4.79 Å². The van der Waals surface area contributed by atoms with E-state index in [1.165, 1.54) is 0 Å². The lowest BCUT2D eigenvalue weighted by atomic mass is 9.80. The minimum Gasteiger partial charge on any atom is -0.341 e. The molecule has 0 radical (unpaired) electrons. The van der Waals surface area contributed by atoms with Gasteiger partial charge in [-0.05, 0) is 31.2 Å². The summed E-state index contributed by atoms with van der Waals surface area (Å²) in [4.78, 5) is 14.0. The molecule has 0 aromatic heterocycles. The predicted octanol–water partition coefficient (Wildman–Crippen LogP) is 2.27. The van der Waals surface area contributed by atoms with Gasteiger partial charge in [0, 0.05) is 25.6 Å². The van der Waals surface area contributed by atoms with Crippen molar-refractivity contribution in [3.63, 3.8) is 0 Å². The SMILES string of the molecule is CCCNC(C)CN1CC(C(C)(C)C)CC1=O. The largest absolute Gasteiger partial charge is 0.341 e. The molecule has 2 atom stereocenters. The lowest BCUT2D eigenvalue weighted by Crippen LogP contribution is -2.40. The third-order valence-corrected chi connectivity index (χ3v) is 3.68. The van der Waals surface area contributed by atoms with Crippen LogP contribution < -0.4 is 5.32 Å². The Morgan fingerprint density at radius 1 is 1.47 bits per heavy atom. The summed E-state index contributed by atoms with van der Waals surface area (Å²) in [6, 6.07) is 0.401. The third-order valence-electron chi connectivity index (χ3n) is 3.68. The minimum absolute atomic E-state index is 0.241. The maximum absolute atomic E-state index is 11.9. The molecule has 2 unspecified atom stereocenters. The molecule has 1 aliphatic rings. The first-order chi connectivity index (χ1) is 7.84. The van der Waals surface area contributed by atoms with E-state index < -0.39 is 0 Å². The monoisotopic (exact) mass is 240 g/mol. The highest BCUT2D eigenvalue weighted by atomic mass is 16.2. The second-order valence-corrected chi connectivity index (χ2v) is 6.42. The van der Waals surface area contributed by atoms with E-state index in [-0.39, 0.29) is 5.41 Å². The molecule has 17 heavy (non-hydrogen) atoms. The van der Waals surface area contributed by atoms with Gasteiger partial charge in [0.05, 0.1) is 0 Å². The summed E-state index contributed by atoms with van der Waals surface area (Å²) in [6.07, 6.45) is 1.87. The first kappa shape index (κ1) is 14.5. The van der Waals surface area contributed by atoms with Crippen LogP contribution in [0.2, 0.25) is 0 Å². The van der Waals surface area contributed by atoms with Crippen LogP contribution in [0.3, 0.4) is 0 Å². The van der Waals surface area contributed by atoms with Crippen molar-refractivity contribution >= 4 is 5.91 Å². The van der Waals surface area contributed by atoms with Gasteiger partial charge in [-0.15, -0.1) is 0 Å². The summed E-state index contributed by atoms with van der Waals surface area (Å²) in [5, 5.41) is 3.44. The van der Waals surface area contributed by atoms with Crippen LogP contribution in [0, 0.1) is 11.3 Å². The molecule has 1 fully saturated rings. The van der Waals surface area contributed by atoms with Crippen LogP contribution in [0.1, 0.15) is 47.5 Å². The lowest BCUT2D eigenvalue weighted by molar-refractivity contribution is -0.128. The molecule has 1 aliphatic heterocycles. The highest BCUT2D eigenvalue weighted by molar-refractivity contribution is 5.78. The average Bonchev–Trinajstić information content (AvgIpc) is 2.57. The van der Waals surface area contributed by atoms with Crippen molar-refractivity contribution in [2.75, 3.05) is 19.6 Å². The van der Waals surface area contributed by atoms with Crippen molar-refractivity contribution in [2.45, 2.75) is 53.5 Å². The molecule has 3 nitrogen and oxygen atoms in total. The van der Waals surface area contributed by atoms with E-state index in [2.05, 4.69) is 39.9 Å². The predicted molar refractivity (Wildman–Crippen MR) is 71.9 cm³/mol. The zero-order valence-electron chi connectivity index (χ0n) is 12.0. The van der Waals surface area contributed by atoms with Gasteiger partial charge in [0.25, 0.3) is 0 Å². The number of hydrogen-bond donors (Lipinski definition) is 1. The Hall–Kier alpha value is -0.570. The zero-order valence-corrected chi connectivity index (χ0v) is 12.0. The number of nitrogens with one attached hydrogen (secondary N) is 1. The van der Waals surface area contributed by atoms with E-state index in [1.807, 2.05) is 4.90 Å². The summed E-state index contributed by atoms with van der Waals surface area (Å²) in [5.74, 6) is 0.837. The third kappa shape index (κ3) is 4.30. The number of rotatable bonds is 5. The average molecular weight is 240 g/mol. The van der Waals surface area contributed by atoms with Gasteiger partial charge in [0.2, 0.25) is 5.91 Å². The fourth-order valence-corrected chi connectivity index (χ4v) is 2.31. The zero-order chi connectivity index (χ0) is 13.1. The van der Waals surface area contributed by atoms with E-state index in [0.717, 1.165) is 32.5 Å². The van der Waals surface area contributed by atoms with Gasteiger partial charge in [0.1, 0.15) is 0 Å². The smallest absolute Gasteiger partial charge is 0.222 e. The first-order valence-electron chi connectivity index (χ1n) is 6.85. The Morgan fingerprint density at radius 2 is 2.12 bits per heavy atom. The summed E-state index contributed by atoms with van der Waals surface area (Å²) < 4.78 is 0. The van der Waals surface area contributed by atoms with Crippen molar-refractivity contribution < 1.29 is 4.79 Å². The highest BCUT2D eigenvalue weighted by Gasteiger charge is 2.36. The van der Waals surface area contributed by atoms with Crippen LogP contribution in [0.25, 0.3) is 0 Å². The number of hydrogen-bond acceptors (Lipinski definition) is 2. The highest BCUT2D eigenvalue weighted by Crippen LogP contribution is 2.34.